The molecule has 2 fully saturated rings. The Kier molecular flexibility index (Phi) is 6.10. The minimum Gasteiger partial charge on any atom is -0.448 e. The standard InChI is InChI=1S/C21H27N5O4/c1-14-24-18(13-30-14)21(29)25-7-4-16(5-8-25)26-12-17(27)9-19(26)20(28)23-11-15-3-2-6-22-10-15/h2-3,6,10,13,16-17,19,27H,4-5,7-9,11-12H2,1H3,(H,23,28)/t17-,19+/m1/s1. The number of aliphatic hydroxyl groups is 1. The Labute approximate surface area is 175 Å². The Hall–Kier alpha value is -2.78. The molecule has 0 aliphatic carbocycles. The topological polar surface area (TPSA) is 112 Å². The van der Waals surface area contributed by atoms with E-state index < -0.39 is 6.10 Å². The second-order valence-electron chi connectivity index (χ2n) is 7.96. The molecule has 0 unspecified atom stereocenters. The summed E-state index contributed by atoms with van der Waals surface area (Å²) < 4.78 is 5.14. The average molecular weight is 413 g/mol. The molecule has 2 aromatic rings. The van der Waals surface area contributed by atoms with Crippen molar-refractivity contribution < 1.29 is 19.1 Å². The Morgan fingerprint density at radius 1 is 1.33 bits per heavy atom. The third kappa shape index (κ3) is 4.52. The maximum atomic E-state index is 12.8. The molecule has 0 bridgehead atoms. The zero-order valence-electron chi connectivity index (χ0n) is 17.0. The number of pyridine rings is 1. The van der Waals surface area contributed by atoms with Gasteiger partial charge in [0, 0.05) is 51.5 Å². The summed E-state index contributed by atoms with van der Waals surface area (Å²) in [4.78, 5) is 37.4. The molecule has 2 aliphatic heterocycles. The predicted molar refractivity (Wildman–Crippen MR) is 107 cm³/mol. The van der Waals surface area contributed by atoms with Crippen LogP contribution in [0.25, 0.3) is 0 Å². The van der Waals surface area contributed by atoms with Gasteiger partial charge in [0.2, 0.25) is 5.91 Å². The number of oxazole rings is 1. The van der Waals surface area contributed by atoms with E-state index in [1.807, 2.05) is 12.1 Å². The van der Waals surface area contributed by atoms with Gasteiger partial charge in [-0.1, -0.05) is 6.07 Å². The number of hydrogen-bond donors (Lipinski definition) is 2. The summed E-state index contributed by atoms with van der Waals surface area (Å²) in [7, 11) is 0. The highest BCUT2D eigenvalue weighted by atomic mass is 16.3. The van der Waals surface area contributed by atoms with Crippen molar-refractivity contribution in [2.24, 2.45) is 0 Å². The molecule has 0 spiro atoms. The van der Waals surface area contributed by atoms with E-state index in [0.717, 1.165) is 18.4 Å². The first kappa shape index (κ1) is 20.5. The number of piperidine rings is 1. The van der Waals surface area contributed by atoms with Crippen LogP contribution in [0, 0.1) is 6.92 Å². The van der Waals surface area contributed by atoms with Crippen LogP contribution in [0.5, 0.6) is 0 Å². The first-order valence-electron chi connectivity index (χ1n) is 10.3. The number of nitrogens with zero attached hydrogens (tertiary/aromatic N) is 4. The highest BCUT2D eigenvalue weighted by Gasteiger charge is 2.41. The number of aliphatic hydroxyl groups excluding tert-OH is 1. The van der Waals surface area contributed by atoms with Gasteiger partial charge in [0.15, 0.2) is 11.6 Å². The van der Waals surface area contributed by atoms with E-state index >= 15 is 0 Å². The lowest BCUT2D eigenvalue weighted by Crippen LogP contribution is -2.52. The summed E-state index contributed by atoms with van der Waals surface area (Å²) in [5.41, 5.74) is 1.26. The van der Waals surface area contributed by atoms with Gasteiger partial charge < -0.3 is 19.7 Å². The fourth-order valence-corrected chi connectivity index (χ4v) is 4.33. The van der Waals surface area contributed by atoms with E-state index in [1.54, 1.807) is 24.2 Å². The number of carbonyl (C=O) groups is 2. The minimum atomic E-state index is -0.517. The monoisotopic (exact) mass is 413 g/mol. The summed E-state index contributed by atoms with van der Waals surface area (Å²) in [6.45, 7) is 3.78. The van der Waals surface area contributed by atoms with Crippen molar-refractivity contribution in [3.8, 4) is 0 Å². The van der Waals surface area contributed by atoms with Crippen molar-refractivity contribution in [2.75, 3.05) is 19.6 Å². The number of carbonyl (C=O) groups excluding carboxylic acids is 2. The fourth-order valence-electron chi connectivity index (χ4n) is 4.33. The molecule has 2 atom stereocenters. The lowest BCUT2D eigenvalue weighted by atomic mass is 10.0. The summed E-state index contributed by atoms with van der Waals surface area (Å²) in [5, 5.41) is 13.2. The molecular formula is C21H27N5O4. The third-order valence-electron chi connectivity index (χ3n) is 5.87. The second kappa shape index (κ2) is 8.93. The molecule has 0 radical (unpaired) electrons. The lowest BCUT2D eigenvalue weighted by Gasteiger charge is -2.38. The summed E-state index contributed by atoms with van der Waals surface area (Å²) in [5.74, 6) is 0.268. The molecule has 4 heterocycles. The first-order chi connectivity index (χ1) is 14.5. The van der Waals surface area contributed by atoms with E-state index in [2.05, 4.69) is 20.2 Å². The largest absolute Gasteiger partial charge is 0.448 e. The molecule has 2 saturated heterocycles. The van der Waals surface area contributed by atoms with E-state index in [4.69, 9.17) is 4.42 Å². The van der Waals surface area contributed by atoms with Crippen molar-refractivity contribution in [3.05, 3.63) is 47.9 Å². The third-order valence-corrected chi connectivity index (χ3v) is 5.87. The van der Waals surface area contributed by atoms with Gasteiger partial charge >= 0.3 is 0 Å². The zero-order chi connectivity index (χ0) is 21.1. The van der Waals surface area contributed by atoms with Gasteiger partial charge in [0.1, 0.15) is 6.26 Å². The number of aromatic nitrogens is 2. The molecule has 30 heavy (non-hydrogen) atoms. The smallest absolute Gasteiger partial charge is 0.275 e. The second-order valence-corrected chi connectivity index (χ2v) is 7.96. The van der Waals surface area contributed by atoms with Gasteiger partial charge in [0.25, 0.3) is 5.91 Å². The van der Waals surface area contributed by atoms with Crippen molar-refractivity contribution in [1.82, 2.24) is 25.1 Å². The predicted octanol–water partition coefficient (Wildman–Crippen LogP) is 0.734. The number of β-amino-alcohol motifs (C(OH)–C–C–N with tert-alkyl or cyclic N) is 1. The Bertz CT molecular complexity index is 879. The summed E-state index contributed by atoms with van der Waals surface area (Å²) in [6, 6.07) is 3.54. The molecule has 9 heteroatoms. The van der Waals surface area contributed by atoms with Crippen molar-refractivity contribution in [1.29, 1.82) is 0 Å². The van der Waals surface area contributed by atoms with Crippen molar-refractivity contribution in [3.63, 3.8) is 0 Å². The van der Waals surface area contributed by atoms with Gasteiger partial charge in [-0.3, -0.25) is 19.5 Å². The first-order valence-corrected chi connectivity index (χ1v) is 10.3. The van der Waals surface area contributed by atoms with Gasteiger partial charge in [0.05, 0.1) is 12.1 Å². The van der Waals surface area contributed by atoms with Gasteiger partial charge in [-0.15, -0.1) is 0 Å². The molecule has 2 N–H and O–H groups in total. The molecule has 9 nitrogen and oxygen atoms in total. The van der Waals surface area contributed by atoms with Gasteiger partial charge in [-0.25, -0.2) is 4.98 Å². The molecule has 160 valence electrons. The van der Waals surface area contributed by atoms with E-state index in [9.17, 15) is 14.7 Å². The fraction of sp³-hybridized carbons (Fsp3) is 0.524. The quantitative estimate of drug-likeness (QED) is 0.743. The molecular weight excluding hydrogens is 386 g/mol. The summed E-state index contributed by atoms with van der Waals surface area (Å²) >= 11 is 0. The average Bonchev–Trinajstić information content (AvgIpc) is 3.38. The molecule has 0 saturated carbocycles. The number of likely N-dealkylation sites (tertiary alicyclic amines) is 2. The molecule has 2 aliphatic rings. The van der Waals surface area contributed by atoms with Crippen LogP contribution in [0.4, 0.5) is 0 Å². The van der Waals surface area contributed by atoms with E-state index in [0.29, 0.717) is 44.2 Å². The Morgan fingerprint density at radius 3 is 2.80 bits per heavy atom. The SMILES string of the molecule is Cc1nc(C(=O)N2CCC(N3C[C@H](O)C[C@H]3C(=O)NCc3cccnc3)CC2)co1. The Balaban J connectivity index is 1.33. The summed E-state index contributed by atoms with van der Waals surface area (Å²) in [6.07, 6.45) is 6.23. The molecule has 4 rings (SSSR count). The number of aryl methyl sites for hydroxylation is 1. The van der Waals surface area contributed by atoms with E-state index in [-0.39, 0.29) is 23.9 Å². The van der Waals surface area contributed by atoms with Crippen LogP contribution in [-0.2, 0) is 11.3 Å². The van der Waals surface area contributed by atoms with Crippen LogP contribution in [0.3, 0.4) is 0 Å². The van der Waals surface area contributed by atoms with Crippen LogP contribution in [0.1, 0.15) is 41.2 Å². The van der Waals surface area contributed by atoms with Crippen LogP contribution < -0.4 is 5.32 Å². The van der Waals surface area contributed by atoms with Crippen LogP contribution >= 0.6 is 0 Å². The number of hydrogen-bond acceptors (Lipinski definition) is 7. The van der Waals surface area contributed by atoms with Crippen LogP contribution in [0.2, 0.25) is 0 Å². The van der Waals surface area contributed by atoms with Crippen molar-refractivity contribution in [2.45, 2.75) is 50.9 Å². The van der Waals surface area contributed by atoms with Gasteiger partial charge in [-0.2, -0.15) is 0 Å². The van der Waals surface area contributed by atoms with Crippen LogP contribution in [0.15, 0.2) is 35.2 Å². The number of rotatable bonds is 5. The zero-order valence-corrected chi connectivity index (χ0v) is 17.0. The maximum absolute atomic E-state index is 12.8. The number of amides is 2. The highest BCUT2D eigenvalue weighted by molar-refractivity contribution is 5.92. The number of nitrogens with one attached hydrogen (secondary N) is 1. The van der Waals surface area contributed by atoms with Crippen LogP contribution in [-0.4, -0.2) is 74.5 Å². The van der Waals surface area contributed by atoms with Crippen molar-refractivity contribution >= 4 is 11.8 Å². The minimum absolute atomic E-state index is 0.0769. The van der Waals surface area contributed by atoms with Gasteiger partial charge in [-0.05, 0) is 30.9 Å². The maximum Gasteiger partial charge on any atom is 0.275 e. The van der Waals surface area contributed by atoms with E-state index in [1.165, 1.54) is 6.26 Å². The molecule has 0 aromatic carbocycles. The normalized spacial score (nSPS) is 22.9. The molecule has 2 amide bonds. The molecule has 2 aromatic heterocycles. The lowest BCUT2D eigenvalue weighted by molar-refractivity contribution is -0.126. The highest BCUT2D eigenvalue weighted by Crippen LogP contribution is 2.27. The Morgan fingerprint density at radius 2 is 2.13 bits per heavy atom.